The Kier molecular flexibility index (Phi) is 0.880. The molecule has 0 aliphatic heterocycles. The van der Waals surface area contributed by atoms with E-state index >= 15 is 0 Å². The Balaban J connectivity index is 3.05. The van der Waals surface area contributed by atoms with Crippen molar-refractivity contribution in [3.8, 4) is 0 Å². The number of hydrogen-bond acceptors (Lipinski definition) is 3. The molecule has 6 heavy (non-hydrogen) atoms. The molecule has 1 heterocycles. The molecule has 5 heteroatoms. The van der Waals surface area contributed by atoms with Gasteiger partial charge in [0.1, 0.15) is 0 Å². The topological polar surface area (TPSA) is 54.5 Å². The van der Waals surface area contributed by atoms with Gasteiger partial charge in [-0.15, -0.1) is 0 Å². The van der Waals surface area contributed by atoms with Crippen molar-refractivity contribution in [2.75, 3.05) is 0 Å². The molecule has 0 bridgehead atoms. The van der Waals surface area contributed by atoms with E-state index in [-0.39, 0.29) is 0 Å². The summed E-state index contributed by atoms with van der Waals surface area (Å²) < 4.78 is 0.808. The van der Waals surface area contributed by atoms with E-state index in [1.807, 2.05) is 0 Å². The van der Waals surface area contributed by atoms with Gasteiger partial charge in [-0.25, -0.2) is 0 Å². The van der Waals surface area contributed by atoms with Gasteiger partial charge < -0.3 is 0 Å². The van der Waals surface area contributed by atoms with Crippen LogP contribution in [0.5, 0.6) is 0 Å². The monoisotopic (exact) mass is 146 g/mol. The summed E-state index contributed by atoms with van der Waals surface area (Å²) in [6.45, 7) is 0. The summed E-state index contributed by atoms with van der Waals surface area (Å²) in [6.07, 6.45) is 0. The van der Waals surface area contributed by atoms with Crippen molar-refractivity contribution in [2.45, 2.75) is 0 Å². The predicted molar refractivity (Wildman–Crippen MR) is 22.4 cm³/mol. The van der Waals surface area contributed by atoms with Gasteiger partial charge in [-0.1, -0.05) is 0 Å². The van der Waals surface area contributed by atoms with E-state index in [9.17, 15) is 0 Å². The molecule has 0 aliphatic carbocycles. The fourth-order valence-electron chi connectivity index (χ4n) is 0.166. The third-order valence-corrected chi connectivity index (χ3v) is 0.875. The van der Waals surface area contributed by atoms with E-state index in [4.69, 9.17) is 0 Å². The molecule has 0 radical (unpaired) electrons. The molecule has 1 unspecified atom stereocenters. The zero-order chi connectivity index (χ0) is 4.41. The average Bonchev–Trinajstić information content (AvgIpc) is 1.86. The van der Waals surface area contributed by atoms with Crippen molar-refractivity contribution in [1.82, 2.24) is 20.6 Å². The summed E-state index contributed by atoms with van der Waals surface area (Å²) in [6, 6.07) is 0. The predicted octanol–water partition coefficient (Wildman–Crippen LogP) is -2.54. The standard InChI is InChI=1S/CH3AsN4/c2-1-3-5-6-4-1/h2H2,(H,3,4,5,6). The van der Waals surface area contributed by atoms with Gasteiger partial charge in [0.15, 0.2) is 0 Å². The Labute approximate surface area is 42.8 Å². The van der Waals surface area contributed by atoms with Crippen LogP contribution in [0.2, 0.25) is 0 Å². The van der Waals surface area contributed by atoms with Gasteiger partial charge in [-0.05, 0) is 0 Å². The first-order valence-corrected chi connectivity index (χ1v) is 2.60. The summed E-state index contributed by atoms with van der Waals surface area (Å²) in [4.78, 5) is 0. The van der Waals surface area contributed by atoms with E-state index < -0.39 is 0 Å². The second kappa shape index (κ2) is 1.39. The molecular formula is CH3AsN4. The molecule has 1 rings (SSSR count). The van der Waals surface area contributed by atoms with E-state index in [0.717, 1.165) is 4.61 Å². The van der Waals surface area contributed by atoms with Gasteiger partial charge in [-0.2, -0.15) is 0 Å². The summed E-state index contributed by atoms with van der Waals surface area (Å²) in [5.74, 6) is 0. The molecule has 0 aliphatic rings. The van der Waals surface area contributed by atoms with Crippen LogP contribution in [0, 0.1) is 0 Å². The van der Waals surface area contributed by atoms with E-state index in [1.165, 1.54) is 16.9 Å². The third-order valence-electron chi connectivity index (χ3n) is 0.362. The zero-order valence-electron chi connectivity index (χ0n) is 2.92. The number of tetrazole rings is 1. The number of H-pyrrole nitrogens is 1. The fourth-order valence-corrected chi connectivity index (χ4v) is 0.396. The molecule has 0 aromatic carbocycles. The number of nitrogens with zero attached hydrogens (tertiary/aromatic N) is 3. The fraction of sp³-hybridized carbons (Fsp3) is 0. The van der Waals surface area contributed by atoms with Gasteiger partial charge in [0.2, 0.25) is 0 Å². The molecule has 0 spiro atoms. The second-order valence-electron chi connectivity index (χ2n) is 0.786. The first kappa shape index (κ1) is 3.81. The Hall–Kier alpha value is -0.372. The minimum absolute atomic E-state index is 0.808. The van der Waals surface area contributed by atoms with Crippen LogP contribution < -0.4 is 4.61 Å². The second-order valence-corrected chi connectivity index (χ2v) is 1.93. The zero-order valence-corrected chi connectivity index (χ0v) is 5.34. The van der Waals surface area contributed by atoms with Crippen LogP contribution >= 0.6 is 0 Å². The van der Waals surface area contributed by atoms with E-state index in [2.05, 4.69) is 20.6 Å². The quantitative estimate of drug-likeness (QED) is 0.410. The number of aromatic nitrogens is 4. The summed E-state index contributed by atoms with van der Waals surface area (Å²) in [5, 5.41) is 12.7. The molecule has 1 aromatic rings. The Morgan fingerprint density at radius 1 is 1.67 bits per heavy atom. The van der Waals surface area contributed by atoms with Crippen LogP contribution in [0.4, 0.5) is 0 Å². The van der Waals surface area contributed by atoms with Crippen molar-refractivity contribution in [1.29, 1.82) is 0 Å². The maximum atomic E-state index is 3.53. The van der Waals surface area contributed by atoms with Crippen LogP contribution in [0.15, 0.2) is 0 Å². The molecule has 1 atom stereocenters. The normalized spacial score (nSPS) is 8.83. The molecule has 0 fully saturated rings. The summed E-state index contributed by atoms with van der Waals surface area (Å²) >= 11 is 1.39. The number of aromatic amines is 1. The van der Waals surface area contributed by atoms with Crippen molar-refractivity contribution in [2.24, 2.45) is 0 Å². The Morgan fingerprint density at radius 3 is 2.67 bits per heavy atom. The third kappa shape index (κ3) is 0.571. The minimum atomic E-state index is 0.808. The number of rotatable bonds is 0. The Bertz CT molecular complexity index is 111. The molecule has 4 nitrogen and oxygen atoms in total. The van der Waals surface area contributed by atoms with Crippen LogP contribution in [-0.2, 0) is 0 Å². The molecule has 1 N–H and O–H groups in total. The van der Waals surface area contributed by atoms with Crippen LogP contribution in [0.3, 0.4) is 0 Å². The molecule has 32 valence electrons. The van der Waals surface area contributed by atoms with Gasteiger partial charge in [-0.3, -0.25) is 0 Å². The maximum absolute atomic E-state index is 3.53. The molecule has 0 saturated carbocycles. The van der Waals surface area contributed by atoms with E-state index in [1.54, 1.807) is 0 Å². The van der Waals surface area contributed by atoms with Crippen molar-refractivity contribution in [3.63, 3.8) is 0 Å². The number of nitrogens with one attached hydrogen (secondary N) is 1. The van der Waals surface area contributed by atoms with Gasteiger partial charge >= 0.3 is 42.1 Å². The van der Waals surface area contributed by atoms with Crippen molar-refractivity contribution < 1.29 is 0 Å². The van der Waals surface area contributed by atoms with Crippen LogP contribution in [-0.4, -0.2) is 37.5 Å². The van der Waals surface area contributed by atoms with Gasteiger partial charge in [0.05, 0.1) is 0 Å². The SMILES string of the molecule is [AsH2]c1nnn[nH]1. The van der Waals surface area contributed by atoms with Crippen LogP contribution in [0.25, 0.3) is 0 Å². The first-order valence-electron chi connectivity index (χ1n) is 1.39. The van der Waals surface area contributed by atoms with Gasteiger partial charge in [0.25, 0.3) is 0 Å². The van der Waals surface area contributed by atoms with Gasteiger partial charge in [0, 0.05) is 0 Å². The molecular weight excluding hydrogens is 143 g/mol. The number of hydrogen-bond donors (Lipinski definition) is 1. The van der Waals surface area contributed by atoms with Crippen molar-refractivity contribution >= 4 is 21.5 Å². The summed E-state index contributed by atoms with van der Waals surface area (Å²) in [7, 11) is 0. The average molecular weight is 146 g/mol. The first-order chi connectivity index (χ1) is 2.89. The Morgan fingerprint density at radius 2 is 2.50 bits per heavy atom. The molecule has 0 saturated heterocycles. The van der Waals surface area contributed by atoms with Crippen molar-refractivity contribution in [3.05, 3.63) is 0 Å². The van der Waals surface area contributed by atoms with E-state index in [0.29, 0.717) is 0 Å². The molecule has 1 aromatic heterocycles. The van der Waals surface area contributed by atoms with Crippen LogP contribution in [0.1, 0.15) is 0 Å². The summed E-state index contributed by atoms with van der Waals surface area (Å²) in [5.41, 5.74) is 0. The molecule has 0 amide bonds.